The second-order valence-corrected chi connectivity index (χ2v) is 5.10. The monoisotopic (exact) mass is 325 g/mol. The van der Waals surface area contributed by atoms with Crippen LogP contribution < -0.4 is 20.1 Å². The lowest BCUT2D eigenvalue weighted by Gasteiger charge is -2.14. The third kappa shape index (κ3) is 3.24. The van der Waals surface area contributed by atoms with E-state index in [9.17, 15) is 0 Å². The minimum atomic E-state index is 0.127. The van der Waals surface area contributed by atoms with Crippen LogP contribution in [-0.4, -0.2) is 30.1 Å². The number of aromatic amines is 1. The van der Waals surface area contributed by atoms with Crippen LogP contribution in [0.4, 0.5) is 5.95 Å². The first kappa shape index (κ1) is 15.7. The summed E-state index contributed by atoms with van der Waals surface area (Å²) in [6, 6.07) is 13.3. The topological polar surface area (TPSA) is 95.1 Å². The van der Waals surface area contributed by atoms with Crippen molar-refractivity contribution in [3.63, 3.8) is 0 Å². The highest BCUT2D eigenvalue weighted by molar-refractivity contribution is 5.91. The van der Waals surface area contributed by atoms with E-state index in [1.807, 2.05) is 42.5 Å². The minimum Gasteiger partial charge on any atom is -0.496 e. The van der Waals surface area contributed by atoms with Crippen molar-refractivity contribution in [3.8, 4) is 11.5 Å². The molecule has 7 nitrogen and oxygen atoms in total. The number of anilines is 1. The van der Waals surface area contributed by atoms with Crippen molar-refractivity contribution < 1.29 is 9.47 Å². The normalized spacial score (nSPS) is 10.4. The fourth-order valence-corrected chi connectivity index (χ4v) is 2.45. The van der Waals surface area contributed by atoms with Gasteiger partial charge in [0.05, 0.1) is 37.4 Å². The fraction of sp³-hybridized carbons (Fsp3) is 0.176. The maximum Gasteiger partial charge on any atom is 0.208 e. The van der Waals surface area contributed by atoms with Gasteiger partial charge in [0.2, 0.25) is 5.95 Å². The number of fused-ring (bicyclic) bond motifs is 1. The summed E-state index contributed by atoms with van der Waals surface area (Å²) in [5, 5.41) is 13.9. The van der Waals surface area contributed by atoms with Crippen LogP contribution in [0.15, 0.2) is 42.5 Å². The first-order valence-electron chi connectivity index (χ1n) is 7.45. The van der Waals surface area contributed by atoms with Gasteiger partial charge in [-0.15, -0.1) is 0 Å². The summed E-state index contributed by atoms with van der Waals surface area (Å²) in [4.78, 5) is 7.50. The van der Waals surface area contributed by atoms with Crippen LogP contribution in [0.1, 0.15) is 5.56 Å². The number of nitrogens with zero attached hydrogens (tertiary/aromatic N) is 1. The van der Waals surface area contributed by atoms with E-state index in [2.05, 4.69) is 20.6 Å². The van der Waals surface area contributed by atoms with Crippen molar-refractivity contribution in [2.24, 2.45) is 0 Å². The standard InChI is InChI=1S/C17H19N5O2/c1-23-14-8-5-9-15(24-2)11(14)10-19-16(18)22-17-20-12-6-3-4-7-13(12)21-17/h3-9H,10H2,1-2H3,(H4,18,19,20,21,22). The SMILES string of the molecule is COc1cccc(OC)c1CNC(=N)Nc1nc2ccccc2[nH]1. The highest BCUT2D eigenvalue weighted by Gasteiger charge is 2.11. The Morgan fingerprint density at radius 3 is 2.46 bits per heavy atom. The molecule has 0 fully saturated rings. The molecule has 3 rings (SSSR count). The Labute approximate surface area is 139 Å². The van der Waals surface area contributed by atoms with Crippen molar-refractivity contribution in [3.05, 3.63) is 48.0 Å². The van der Waals surface area contributed by atoms with Gasteiger partial charge in [-0.3, -0.25) is 10.7 Å². The maximum atomic E-state index is 8.04. The first-order valence-corrected chi connectivity index (χ1v) is 7.45. The molecule has 0 aliphatic carbocycles. The van der Waals surface area contributed by atoms with E-state index in [-0.39, 0.29) is 5.96 Å². The van der Waals surface area contributed by atoms with E-state index >= 15 is 0 Å². The number of nitrogens with one attached hydrogen (secondary N) is 4. The second kappa shape index (κ2) is 6.91. The average molecular weight is 325 g/mol. The zero-order valence-corrected chi connectivity index (χ0v) is 13.5. The first-order chi connectivity index (χ1) is 11.7. The summed E-state index contributed by atoms with van der Waals surface area (Å²) in [5.41, 5.74) is 2.61. The molecule has 0 unspecified atom stereocenters. The van der Waals surface area contributed by atoms with Crippen LogP contribution >= 0.6 is 0 Å². The maximum absolute atomic E-state index is 8.04. The van der Waals surface area contributed by atoms with Gasteiger partial charge in [0.15, 0.2) is 5.96 Å². The van der Waals surface area contributed by atoms with Crippen LogP contribution in [-0.2, 0) is 6.54 Å². The van der Waals surface area contributed by atoms with Gasteiger partial charge in [0.1, 0.15) is 11.5 Å². The molecule has 1 aromatic heterocycles. The van der Waals surface area contributed by atoms with E-state index in [0.717, 1.165) is 16.6 Å². The predicted octanol–water partition coefficient (Wildman–Crippen LogP) is 2.72. The third-order valence-electron chi connectivity index (χ3n) is 3.60. The summed E-state index contributed by atoms with van der Waals surface area (Å²) < 4.78 is 10.7. The molecule has 0 saturated carbocycles. The van der Waals surface area contributed by atoms with Crippen LogP contribution in [0.5, 0.6) is 11.5 Å². The summed E-state index contributed by atoms with van der Waals surface area (Å²) in [7, 11) is 3.21. The van der Waals surface area contributed by atoms with E-state index in [1.165, 1.54) is 0 Å². The molecule has 7 heteroatoms. The number of imidazole rings is 1. The summed E-state index contributed by atoms with van der Waals surface area (Å²) >= 11 is 0. The van der Waals surface area contributed by atoms with Gasteiger partial charge in [-0.2, -0.15) is 0 Å². The number of benzene rings is 2. The summed E-state index contributed by atoms with van der Waals surface area (Å²) in [6.45, 7) is 0.388. The van der Waals surface area contributed by atoms with Crippen molar-refractivity contribution in [2.75, 3.05) is 19.5 Å². The van der Waals surface area contributed by atoms with Gasteiger partial charge in [-0.25, -0.2) is 4.98 Å². The van der Waals surface area contributed by atoms with Crippen molar-refractivity contribution in [1.82, 2.24) is 15.3 Å². The molecule has 2 aromatic carbocycles. The smallest absolute Gasteiger partial charge is 0.208 e. The molecular weight excluding hydrogens is 306 g/mol. The van der Waals surface area contributed by atoms with Crippen molar-refractivity contribution >= 4 is 22.9 Å². The van der Waals surface area contributed by atoms with E-state index in [1.54, 1.807) is 14.2 Å². The van der Waals surface area contributed by atoms with Gasteiger partial charge in [0.25, 0.3) is 0 Å². The number of hydrogen-bond donors (Lipinski definition) is 4. The number of rotatable bonds is 5. The van der Waals surface area contributed by atoms with Crippen LogP contribution in [0, 0.1) is 5.41 Å². The molecule has 0 atom stereocenters. The number of hydrogen-bond acceptors (Lipinski definition) is 4. The molecule has 0 aliphatic heterocycles. The predicted molar refractivity (Wildman–Crippen MR) is 93.8 cm³/mol. The number of aromatic nitrogens is 2. The highest BCUT2D eigenvalue weighted by atomic mass is 16.5. The van der Waals surface area contributed by atoms with Gasteiger partial charge in [-0.05, 0) is 24.3 Å². The number of H-pyrrole nitrogens is 1. The van der Waals surface area contributed by atoms with Crippen LogP contribution in [0.25, 0.3) is 11.0 Å². The number of para-hydroxylation sites is 2. The molecule has 0 amide bonds. The summed E-state index contributed by atoms with van der Waals surface area (Å²) in [6.07, 6.45) is 0. The lowest BCUT2D eigenvalue weighted by molar-refractivity contribution is 0.384. The van der Waals surface area contributed by atoms with Crippen LogP contribution in [0.3, 0.4) is 0 Å². The number of guanidine groups is 1. The van der Waals surface area contributed by atoms with Crippen molar-refractivity contribution in [2.45, 2.75) is 6.54 Å². The van der Waals surface area contributed by atoms with Gasteiger partial charge in [0, 0.05) is 0 Å². The third-order valence-corrected chi connectivity index (χ3v) is 3.60. The Hall–Kier alpha value is -3.22. The van der Waals surface area contributed by atoms with Crippen molar-refractivity contribution in [1.29, 1.82) is 5.41 Å². The molecule has 124 valence electrons. The Balaban J connectivity index is 1.67. The average Bonchev–Trinajstić information content (AvgIpc) is 3.01. The Kier molecular flexibility index (Phi) is 4.51. The Morgan fingerprint density at radius 2 is 1.79 bits per heavy atom. The summed E-state index contributed by atoms with van der Waals surface area (Å²) in [5.74, 6) is 2.06. The fourth-order valence-electron chi connectivity index (χ4n) is 2.45. The quantitative estimate of drug-likeness (QED) is 0.427. The molecular formula is C17H19N5O2. The van der Waals surface area contributed by atoms with E-state index in [0.29, 0.717) is 24.0 Å². The molecule has 1 heterocycles. The molecule has 4 N–H and O–H groups in total. The van der Waals surface area contributed by atoms with Crippen LogP contribution in [0.2, 0.25) is 0 Å². The van der Waals surface area contributed by atoms with E-state index in [4.69, 9.17) is 14.9 Å². The molecule has 3 aromatic rings. The van der Waals surface area contributed by atoms with Gasteiger partial charge >= 0.3 is 0 Å². The lowest BCUT2D eigenvalue weighted by atomic mass is 10.1. The zero-order chi connectivity index (χ0) is 16.9. The molecule has 0 radical (unpaired) electrons. The van der Waals surface area contributed by atoms with Gasteiger partial charge in [-0.1, -0.05) is 18.2 Å². The molecule has 24 heavy (non-hydrogen) atoms. The molecule has 0 spiro atoms. The lowest BCUT2D eigenvalue weighted by Crippen LogP contribution is -2.29. The molecule has 0 saturated heterocycles. The largest absolute Gasteiger partial charge is 0.496 e. The molecule has 0 bridgehead atoms. The molecule has 0 aliphatic rings. The van der Waals surface area contributed by atoms with E-state index < -0.39 is 0 Å². The minimum absolute atomic E-state index is 0.127. The Morgan fingerprint density at radius 1 is 1.08 bits per heavy atom. The number of ether oxygens (including phenoxy) is 2. The van der Waals surface area contributed by atoms with Gasteiger partial charge < -0.3 is 19.8 Å². The number of methoxy groups -OCH3 is 2. The second-order valence-electron chi connectivity index (χ2n) is 5.10. The highest BCUT2D eigenvalue weighted by Crippen LogP contribution is 2.27. The Bertz CT molecular complexity index is 804. The zero-order valence-electron chi connectivity index (χ0n) is 13.5.